The number of hydrogen-bond donors (Lipinski definition) is 2. The molecule has 2 N–H and O–H groups in total. The zero-order chi connectivity index (χ0) is 11.5. The summed E-state index contributed by atoms with van der Waals surface area (Å²) in [5.74, 6) is 1.72. The van der Waals surface area contributed by atoms with Crippen molar-refractivity contribution in [3.05, 3.63) is 23.8 Å². The van der Waals surface area contributed by atoms with Crippen LogP contribution < -0.4 is 20.1 Å². The monoisotopic (exact) mass is 234 g/mol. The van der Waals surface area contributed by atoms with Gasteiger partial charge in [0.2, 0.25) is 6.79 Å². The molecule has 1 aromatic rings. The summed E-state index contributed by atoms with van der Waals surface area (Å²) in [6.07, 6.45) is 2.59. The highest BCUT2D eigenvalue weighted by molar-refractivity contribution is 5.44. The van der Waals surface area contributed by atoms with Crippen LogP contribution in [0.1, 0.15) is 18.4 Å². The molecule has 0 amide bonds. The molecule has 0 bridgehead atoms. The Bertz CT molecular complexity index is 389. The maximum atomic E-state index is 5.36. The smallest absolute Gasteiger partial charge is 0.231 e. The van der Waals surface area contributed by atoms with E-state index in [4.69, 9.17) is 9.47 Å². The van der Waals surface area contributed by atoms with Gasteiger partial charge in [-0.2, -0.15) is 0 Å². The minimum Gasteiger partial charge on any atom is -0.454 e. The van der Waals surface area contributed by atoms with Crippen LogP contribution in [0.25, 0.3) is 0 Å². The molecule has 4 heteroatoms. The summed E-state index contributed by atoms with van der Waals surface area (Å²) in [6, 6.07) is 6.76. The number of hydrogen-bond acceptors (Lipinski definition) is 4. The van der Waals surface area contributed by atoms with Crippen molar-refractivity contribution in [1.29, 1.82) is 0 Å². The minimum absolute atomic E-state index is 0.345. The second kappa shape index (κ2) is 4.94. The van der Waals surface area contributed by atoms with Crippen LogP contribution >= 0.6 is 0 Å². The van der Waals surface area contributed by atoms with E-state index in [9.17, 15) is 0 Å². The normalized spacial score (nSPS) is 22.0. The molecule has 1 saturated heterocycles. The molecule has 1 atom stereocenters. The van der Waals surface area contributed by atoms with Crippen LogP contribution in [0.3, 0.4) is 0 Å². The Morgan fingerprint density at radius 3 is 3.12 bits per heavy atom. The van der Waals surface area contributed by atoms with E-state index in [-0.39, 0.29) is 0 Å². The summed E-state index contributed by atoms with van der Waals surface area (Å²) in [4.78, 5) is 0. The first-order valence-electron chi connectivity index (χ1n) is 6.24. The summed E-state index contributed by atoms with van der Waals surface area (Å²) >= 11 is 0. The molecule has 17 heavy (non-hydrogen) atoms. The average Bonchev–Trinajstić information content (AvgIpc) is 2.98. The van der Waals surface area contributed by atoms with Gasteiger partial charge in [0, 0.05) is 19.1 Å². The molecule has 1 unspecified atom stereocenters. The lowest BCUT2D eigenvalue weighted by Gasteiger charge is -2.11. The summed E-state index contributed by atoms with van der Waals surface area (Å²) in [6.45, 7) is 3.43. The largest absolute Gasteiger partial charge is 0.454 e. The molecule has 2 aliphatic heterocycles. The maximum Gasteiger partial charge on any atom is 0.231 e. The van der Waals surface area contributed by atoms with Crippen molar-refractivity contribution in [1.82, 2.24) is 10.6 Å². The molecular weight excluding hydrogens is 216 g/mol. The van der Waals surface area contributed by atoms with Gasteiger partial charge in [0.15, 0.2) is 11.5 Å². The van der Waals surface area contributed by atoms with Crippen LogP contribution in [0.15, 0.2) is 18.2 Å². The SMILES string of the molecule is c1cc2c(cc1CNCC1CCCN1)OCO2. The molecule has 2 heterocycles. The minimum atomic E-state index is 0.345. The summed E-state index contributed by atoms with van der Waals surface area (Å²) in [5, 5.41) is 6.95. The fourth-order valence-electron chi connectivity index (χ4n) is 2.37. The van der Waals surface area contributed by atoms with Crippen molar-refractivity contribution >= 4 is 0 Å². The van der Waals surface area contributed by atoms with Gasteiger partial charge in [0.25, 0.3) is 0 Å². The van der Waals surface area contributed by atoms with Gasteiger partial charge in [-0.15, -0.1) is 0 Å². The fraction of sp³-hybridized carbons (Fsp3) is 0.538. The van der Waals surface area contributed by atoms with E-state index in [0.717, 1.165) is 31.1 Å². The van der Waals surface area contributed by atoms with Crippen molar-refractivity contribution in [3.8, 4) is 11.5 Å². The van der Waals surface area contributed by atoms with Gasteiger partial charge in [-0.3, -0.25) is 0 Å². The summed E-state index contributed by atoms with van der Waals surface area (Å²) < 4.78 is 10.6. The molecule has 0 spiro atoms. The van der Waals surface area contributed by atoms with Gasteiger partial charge in [-0.25, -0.2) is 0 Å². The second-order valence-corrected chi connectivity index (χ2v) is 4.61. The van der Waals surface area contributed by atoms with E-state index >= 15 is 0 Å². The molecule has 0 aromatic heterocycles. The number of benzene rings is 1. The van der Waals surface area contributed by atoms with Gasteiger partial charge in [-0.1, -0.05) is 6.07 Å². The third kappa shape index (κ3) is 2.53. The molecule has 4 nitrogen and oxygen atoms in total. The lowest BCUT2D eigenvalue weighted by molar-refractivity contribution is 0.174. The van der Waals surface area contributed by atoms with Crippen molar-refractivity contribution in [2.45, 2.75) is 25.4 Å². The molecule has 0 aliphatic carbocycles. The van der Waals surface area contributed by atoms with E-state index in [1.54, 1.807) is 0 Å². The highest BCUT2D eigenvalue weighted by atomic mass is 16.7. The molecule has 0 radical (unpaired) electrons. The van der Waals surface area contributed by atoms with Gasteiger partial charge >= 0.3 is 0 Å². The van der Waals surface area contributed by atoms with Crippen molar-refractivity contribution < 1.29 is 9.47 Å². The van der Waals surface area contributed by atoms with E-state index in [2.05, 4.69) is 22.8 Å². The molecule has 0 saturated carbocycles. The topological polar surface area (TPSA) is 42.5 Å². The van der Waals surface area contributed by atoms with Crippen LogP contribution in [-0.2, 0) is 6.54 Å². The number of rotatable bonds is 4. The maximum absolute atomic E-state index is 5.36. The summed E-state index contributed by atoms with van der Waals surface area (Å²) in [5.41, 5.74) is 1.24. The van der Waals surface area contributed by atoms with Gasteiger partial charge in [0.1, 0.15) is 0 Å². The van der Waals surface area contributed by atoms with Crippen LogP contribution in [0.2, 0.25) is 0 Å². The summed E-state index contributed by atoms with van der Waals surface area (Å²) in [7, 11) is 0. The molecule has 3 rings (SSSR count). The van der Waals surface area contributed by atoms with Gasteiger partial charge in [0.05, 0.1) is 0 Å². The molecule has 2 aliphatic rings. The third-order valence-corrected chi connectivity index (χ3v) is 3.32. The number of fused-ring (bicyclic) bond motifs is 1. The van der Waals surface area contributed by atoms with Crippen LogP contribution in [0.5, 0.6) is 11.5 Å². The van der Waals surface area contributed by atoms with Crippen LogP contribution in [0, 0.1) is 0 Å². The first-order valence-corrected chi connectivity index (χ1v) is 6.24. The van der Waals surface area contributed by atoms with Gasteiger partial charge < -0.3 is 20.1 Å². The first-order chi connectivity index (χ1) is 8.42. The number of ether oxygens (including phenoxy) is 2. The molecule has 1 fully saturated rings. The van der Waals surface area contributed by atoms with Crippen molar-refractivity contribution in [2.75, 3.05) is 19.9 Å². The van der Waals surface area contributed by atoms with Crippen LogP contribution in [-0.4, -0.2) is 25.9 Å². The third-order valence-electron chi connectivity index (χ3n) is 3.32. The molecule has 92 valence electrons. The van der Waals surface area contributed by atoms with Crippen molar-refractivity contribution in [2.24, 2.45) is 0 Å². The Balaban J connectivity index is 1.51. The fourth-order valence-corrected chi connectivity index (χ4v) is 2.37. The molecular formula is C13H18N2O2. The Kier molecular flexibility index (Phi) is 3.16. The Hall–Kier alpha value is -1.26. The highest BCUT2D eigenvalue weighted by Gasteiger charge is 2.14. The van der Waals surface area contributed by atoms with E-state index in [0.29, 0.717) is 12.8 Å². The van der Waals surface area contributed by atoms with E-state index < -0.39 is 0 Å². The molecule has 1 aromatic carbocycles. The Labute approximate surface area is 101 Å². The lowest BCUT2D eigenvalue weighted by Crippen LogP contribution is -2.33. The van der Waals surface area contributed by atoms with E-state index in [1.807, 2.05) is 6.07 Å². The zero-order valence-electron chi connectivity index (χ0n) is 9.87. The zero-order valence-corrected chi connectivity index (χ0v) is 9.87. The standard InChI is InChI=1S/C13H18N2O2/c1-2-11(15-5-1)8-14-7-10-3-4-12-13(6-10)17-9-16-12/h3-4,6,11,14-15H,1-2,5,7-9H2. The van der Waals surface area contributed by atoms with E-state index in [1.165, 1.54) is 18.4 Å². The predicted molar refractivity (Wildman–Crippen MR) is 65.3 cm³/mol. The second-order valence-electron chi connectivity index (χ2n) is 4.61. The Morgan fingerprint density at radius 1 is 1.29 bits per heavy atom. The average molecular weight is 234 g/mol. The van der Waals surface area contributed by atoms with Crippen molar-refractivity contribution in [3.63, 3.8) is 0 Å². The lowest BCUT2D eigenvalue weighted by atomic mass is 10.2. The highest BCUT2D eigenvalue weighted by Crippen LogP contribution is 2.32. The number of nitrogens with one attached hydrogen (secondary N) is 2. The Morgan fingerprint density at radius 2 is 2.24 bits per heavy atom. The first kappa shape index (κ1) is 10.9. The van der Waals surface area contributed by atoms with Crippen LogP contribution in [0.4, 0.5) is 0 Å². The quantitative estimate of drug-likeness (QED) is 0.823. The van der Waals surface area contributed by atoms with Gasteiger partial charge in [-0.05, 0) is 37.1 Å². The predicted octanol–water partition coefficient (Wildman–Crippen LogP) is 1.26.